The Kier molecular flexibility index (Phi) is 2.28. The Labute approximate surface area is 84.3 Å². The van der Waals surface area contributed by atoms with E-state index in [0.29, 0.717) is 6.42 Å². The fraction of sp³-hybridized carbons (Fsp3) is 0.417. The molecule has 0 aliphatic carbocycles. The molecule has 74 valence electrons. The van der Waals surface area contributed by atoms with E-state index in [4.69, 9.17) is 0 Å². The number of amides is 1. The lowest BCUT2D eigenvalue weighted by atomic mass is 10.0. The van der Waals surface area contributed by atoms with Crippen molar-refractivity contribution in [2.45, 2.75) is 32.7 Å². The van der Waals surface area contributed by atoms with Crippen molar-refractivity contribution in [2.24, 2.45) is 0 Å². The molecule has 0 spiro atoms. The number of carbonyl (C=O) groups is 1. The first-order chi connectivity index (χ1) is 6.65. The molecule has 0 bridgehead atoms. The Balaban J connectivity index is 2.27. The Morgan fingerprint density at radius 1 is 1.21 bits per heavy atom. The molecule has 1 N–H and O–H groups in total. The molecule has 1 unspecified atom stereocenters. The monoisotopic (exact) mass is 189 g/mol. The van der Waals surface area contributed by atoms with Crippen LogP contribution in [-0.2, 0) is 4.79 Å². The van der Waals surface area contributed by atoms with Gasteiger partial charge in [-0.05, 0) is 25.8 Å². The van der Waals surface area contributed by atoms with Gasteiger partial charge in [0.1, 0.15) is 0 Å². The normalized spacial score (nSPS) is 21.0. The minimum Gasteiger partial charge on any atom is -0.349 e. The van der Waals surface area contributed by atoms with E-state index in [0.717, 1.165) is 6.42 Å². The fourth-order valence-corrected chi connectivity index (χ4v) is 2.08. The van der Waals surface area contributed by atoms with Crippen molar-refractivity contribution in [1.82, 2.24) is 5.32 Å². The maximum atomic E-state index is 11.1. The van der Waals surface area contributed by atoms with Gasteiger partial charge in [-0.3, -0.25) is 4.79 Å². The van der Waals surface area contributed by atoms with Crippen LogP contribution in [0.5, 0.6) is 0 Å². The molecule has 0 radical (unpaired) electrons. The van der Waals surface area contributed by atoms with Crippen LogP contribution in [0.4, 0.5) is 0 Å². The van der Waals surface area contributed by atoms with E-state index < -0.39 is 0 Å². The first-order valence-electron chi connectivity index (χ1n) is 5.03. The number of rotatable bonds is 1. The van der Waals surface area contributed by atoms with Gasteiger partial charge in [0.2, 0.25) is 5.91 Å². The maximum Gasteiger partial charge on any atom is 0.220 e. The summed E-state index contributed by atoms with van der Waals surface area (Å²) >= 11 is 0. The molecule has 1 amide bonds. The topological polar surface area (TPSA) is 29.1 Å². The highest BCUT2D eigenvalue weighted by molar-refractivity contribution is 5.78. The molecule has 1 aromatic carbocycles. The van der Waals surface area contributed by atoms with Crippen LogP contribution in [0.2, 0.25) is 0 Å². The van der Waals surface area contributed by atoms with Gasteiger partial charge in [0.05, 0.1) is 6.04 Å². The minimum absolute atomic E-state index is 0.175. The second-order valence-corrected chi connectivity index (χ2v) is 4.08. The average Bonchev–Trinajstić information content (AvgIpc) is 2.50. The zero-order chi connectivity index (χ0) is 10.1. The van der Waals surface area contributed by atoms with E-state index in [1.807, 2.05) is 0 Å². The predicted octanol–water partition coefficient (Wildman–Crippen LogP) is 2.25. The van der Waals surface area contributed by atoms with Crippen molar-refractivity contribution in [1.29, 1.82) is 0 Å². The predicted molar refractivity (Wildman–Crippen MR) is 56.0 cm³/mol. The molecular weight excluding hydrogens is 174 g/mol. The molecule has 2 rings (SSSR count). The third-order valence-electron chi connectivity index (χ3n) is 2.64. The summed E-state index contributed by atoms with van der Waals surface area (Å²) in [5.41, 5.74) is 3.77. The average molecular weight is 189 g/mol. The highest BCUT2D eigenvalue weighted by Gasteiger charge is 2.22. The van der Waals surface area contributed by atoms with Crippen LogP contribution >= 0.6 is 0 Å². The molecule has 1 atom stereocenters. The van der Waals surface area contributed by atoms with E-state index in [9.17, 15) is 4.79 Å². The summed E-state index contributed by atoms with van der Waals surface area (Å²) in [6, 6.07) is 6.70. The summed E-state index contributed by atoms with van der Waals surface area (Å²) in [6.45, 7) is 4.18. The summed E-state index contributed by atoms with van der Waals surface area (Å²) in [7, 11) is 0. The summed E-state index contributed by atoms with van der Waals surface area (Å²) < 4.78 is 0. The number of nitrogens with one attached hydrogen (secondary N) is 1. The quantitative estimate of drug-likeness (QED) is 0.721. The first-order valence-corrected chi connectivity index (χ1v) is 5.03. The van der Waals surface area contributed by atoms with Crippen molar-refractivity contribution in [3.63, 3.8) is 0 Å². The van der Waals surface area contributed by atoms with E-state index in [1.165, 1.54) is 16.7 Å². The summed E-state index contributed by atoms with van der Waals surface area (Å²) in [4.78, 5) is 11.1. The molecule has 0 saturated carbocycles. The number of benzene rings is 1. The van der Waals surface area contributed by atoms with Gasteiger partial charge >= 0.3 is 0 Å². The second-order valence-electron chi connectivity index (χ2n) is 4.08. The molecule has 1 heterocycles. The van der Waals surface area contributed by atoms with E-state index in [1.54, 1.807) is 0 Å². The molecule has 1 aliphatic rings. The molecular formula is C12H15NO. The number of carbonyl (C=O) groups excluding carboxylic acids is 1. The minimum atomic E-state index is 0.175. The second kappa shape index (κ2) is 3.45. The van der Waals surface area contributed by atoms with E-state index >= 15 is 0 Å². The number of hydrogen-bond donors (Lipinski definition) is 1. The zero-order valence-electron chi connectivity index (χ0n) is 8.63. The summed E-state index contributed by atoms with van der Waals surface area (Å²) in [5, 5.41) is 2.99. The molecule has 2 nitrogen and oxygen atoms in total. The summed E-state index contributed by atoms with van der Waals surface area (Å²) in [6.07, 6.45) is 1.60. The van der Waals surface area contributed by atoms with Crippen LogP contribution in [-0.4, -0.2) is 5.91 Å². The molecule has 1 saturated heterocycles. The van der Waals surface area contributed by atoms with Crippen LogP contribution in [0.1, 0.15) is 35.6 Å². The third kappa shape index (κ3) is 1.79. The third-order valence-corrected chi connectivity index (χ3v) is 2.64. The Morgan fingerprint density at radius 2 is 1.86 bits per heavy atom. The molecule has 14 heavy (non-hydrogen) atoms. The Bertz CT molecular complexity index is 350. The molecule has 1 aromatic rings. The van der Waals surface area contributed by atoms with Gasteiger partial charge in [0.25, 0.3) is 0 Å². The standard InChI is InChI=1S/C12H15NO/c1-8-5-9(2)7-10(6-8)11-3-4-12(14)13-11/h5-7,11H,3-4H2,1-2H3,(H,13,14). The van der Waals surface area contributed by atoms with Crippen molar-refractivity contribution in [3.8, 4) is 0 Å². The van der Waals surface area contributed by atoms with Crippen molar-refractivity contribution >= 4 is 5.91 Å². The molecule has 0 aromatic heterocycles. The Hall–Kier alpha value is -1.31. The lowest BCUT2D eigenvalue weighted by Crippen LogP contribution is -2.18. The van der Waals surface area contributed by atoms with Crippen LogP contribution in [0.3, 0.4) is 0 Å². The zero-order valence-corrected chi connectivity index (χ0v) is 8.63. The van der Waals surface area contributed by atoms with Gasteiger partial charge in [0, 0.05) is 6.42 Å². The van der Waals surface area contributed by atoms with Crippen LogP contribution < -0.4 is 5.32 Å². The summed E-state index contributed by atoms with van der Waals surface area (Å²) in [5.74, 6) is 0.175. The first kappa shape index (κ1) is 9.25. The maximum absolute atomic E-state index is 11.1. The highest BCUT2D eigenvalue weighted by Crippen LogP contribution is 2.25. The van der Waals surface area contributed by atoms with Crippen molar-refractivity contribution < 1.29 is 4.79 Å². The van der Waals surface area contributed by atoms with Crippen LogP contribution in [0, 0.1) is 13.8 Å². The van der Waals surface area contributed by atoms with Gasteiger partial charge in [-0.2, -0.15) is 0 Å². The fourth-order valence-electron chi connectivity index (χ4n) is 2.08. The van der Waals surface area contributed by atoms with Crippen molar-refractivity contribution in [2.75, 3.05) is 0 Å². The van der Waals surface area contributed by atoms with E-state index in [-0.39, 0.29) is 11.9 Å². The highest BCUT2D eigenvalue weighted by atomic mass is 16.1. The lowest BCUT2D eigenvalue weighted by Gasteiger charge is -2.12. The smallest absolute Gasteiger partial charge is 0.220 e. The van der Waals surface area contributed by atoms with Gasteiger partial charge in [0.15, 0.2) is 0 Å². The Morgan fingerprint density at radius 3 is 2.36 bits per heavy atom. The molecule has 1 aliphatic heterocycles. The van der Waals surface area contributed by atoms with Gasteiger partial charge < -0.3 is 5.32 Å². The van der Waals surface area contributed by atoms with Gasteiger partial charge in [-0.25, -0.2) is 0 Å². The van der Waals surface area contributed by atoms with Gasteiger partial charge in [-0.1, -0.05) is 29.3 Å². The van der Waals surface area contributed by atoms with Gasteiger partial charge in [-0.15, -0.1) is 0 Å². The number of aryl methyl sites for hydroxylation is 2. The SMILES string of the molecule is Cc1cc(C)cc(C2CCC(=O)N2)c1. The lowest BCUT2D eigenvalue weighted by molar-refractivity contribution is -0.119. The van der Waals surface area contributed by atoms with Crippen molar-refractivity contribution in [3.05, 3.63) is 34.9 Å². The van der Waals surface area contributed by atoms with Crippen LogP contribution in [0.15, 0.2) is 18.2 Å². The molecule has 1 fully saturated rings. The largest absolute Gasteiger partial charge is 0.349 e. The number of hydrogen-bond acceptors (Lipinski definition) is 1. The van der Waals surface area contributed by atoms with Crippen LogP contribution in [0.25, 0.3) is 0 Å². The van der Waals surface area contributed by atoms with E-state index in [2.05, 4.69) is 37.4 Å². The molecule has 2 heteroatoms.